The van der Waals surface area contributed by atoms with Crippen LogP contribution in [0.4, 0.5) is 4.79 Å². The number of amides is 2. The van der Waals surface area contributed by atoms with Crippen molar-refractivity contribution in [2.24, 2.45) is 5.73 Å². The van der Waals surface area contributed by atoms with Crippen LogP contribution in [0.2, 0.25) is 0 Å². The summed E-state index contributed by atoms with van der Waals surface area (Å²) in [5.74, 6) is 1.60. The second-order valence-corrected chi connectivity index (χ2v) is 5.58. The first-order chi connectivity index (χ1) is 11.5. The summed E-state index contributed by atoms with van der Waals surface area (Å²) in [6.45, 7) is 3.13. The number of hydrogen-bond acceptors (Lipinski definition) is 6. The van der Waals surface area contributed by atoms with Gasteiger partial charge in [-0.3, -0.25) is 4.90 Å². The zero-order valence-electron chi connectivity index (χ0n) is 14.1. The third-order valence-corrected chi connectivity index (χ3v) is 3.95. The molecule has 0 aromatic heterocycles. The Morgan fingerprint density at radius 1 is 1.21 bits per heavy atom. The van der Waals surface area contributed by atoms with Crippen molar-refractivity contribution < 1.29 is 24.1 Å². The number of nitrogens with zero attached hydrogens (tertiary/aromatic N) is 2. The molecule has 8 nitrogen and oxygen atoms in total. The van der Waals surface area contributed by atoms with Gasteiger partial charge in [0.1, 0.15) is 12.7 Å². The highest BCUT2D eigenvalue weighted by Crippen LogP contribution is 2.36. The summed E-state index contributed by atoms with van der Waals surface area (Å²) >= 11 is 0. The number of primary amides is 1. The summed E-state index contributed by atoms with van der Waals surface area (Å²) in [7, 11) is 3.10. The molecular weight excluding hydrogens is 314 g/mol. The number of nitrogens with two attached hydrogens (primary N) is 1. The highest BCUT2D eigenvalue weighted by molar-refractivity contribution is 5.72. The van der Waals surface area contributed by atoms with E-state index in [0.29, 0.717) is 50.0 Å². The molecule has 1 aromatic carbocycles. The van der Waals surface area contributed by atoms with Gasteiger partial charge in [0.2, 0.25) is 5.75 Å². The predicted octanol–water partition coefficient (Wildman–Crippen LogP) is 0.140. The second kappa shape index (κ2) is 8.60. The summed E-state index contributed by atoms with van der Waals surface area (Å²) in [4.78, 5) is 14.8. The highest BCUT2D eigenvalue weighted by Gasteiger charge is 2.21. The van der Waals surface area contributed by atoms with Crippen LogP contribution in [-0.4, -0.2) is 80.6 Å². The number of carbonyl (C=O) groups is 1. The molecule has 1 aliphatic heterocycles. The van der Waals surface area contributed by atoms with Gasteiger partial charge in [-0.2, -0.15) is 0 Å². The number of aliphatic hydroxyl groups excluding tert-OH is 1. The minimum absolute atomic E-state index is 0.138. The highest BCUT2D eigenvalue weighted by atomic mass is 16.5. The van der Waals surface area contributed by atoms with E-state index in [2.05, 4.69) is 4.90 Å². The number of methoxy groups -OCH3 is 2. The van der Waals surface area contributed by atoms with Crippen molar-refractivity contribution in [2.45, 2.75) is 6.10 Å². The van der Waals surface area contributed by atoms with Gasteiger partial charge >= 0.3 is 6.03 Å². The quantitative estimate of drug-likeness (QED) is 0.733. The molecule has 2 amide bonds. The van der Waals surface area contributed by atoms with E-state index in [9.17, 15) is 9.90 Å². The molecule has 2 rings (SSSR count). The summed E-state index contributed by atoms with van der Waals surface area (Å²) in [6, 6.07) is 4.94. The number of carbonyl (C=O) groups excluding carboxylic acids is 1. The van der Waals surface area contributed by atoms with Crippen LogP contribution in [0.1, 0.15) is 0 Å². The van der Waals surface area contributed by atoms with Crippen molar-refractivity contribution in [3.05, 3.63) is 18.2 Å². The number of urea groups is 1. The average molecular weight is 339 g/mol. The molecule has 1 unspecified atom stereocenters. The number of ether oxygens (including phenoxy) is 3. The number of piperazine rings is 1. The fourth-order valence-corrected chi connectivity index (χ4v) is 2.66. The molecule has 0 radical (unpaired) electrons. The molecular formula is C16H25N3O5. The Bertz CT molecular complexity index is 547. The maximum Gasteiger partial charge on any atom is 0.314 e. The van der Waals surface area contributed by atoms with Gasteiger partial charge in [-0.05, 0) is 12.1 Å². The van der Waals surface area contributed by atoms with Gasteiger partial charge in [-0.15, -0.1) is 0 Å². The van der Waals surface area contributed by atoms with Crippen LogP contribution in [0, 0.1) is 0 Å². The zero-order chi connectivity index (χ0) is 17.5. The maximum absolute atomic E-state index is 11.1. The molecule has 3 N–H and O–H groups in total. The summed E-state index contributed by atoms with van der Waals surface area (Å²) < 4.78 is 16.2. The smallest absolute Gasteiger partial charge is 0.314 e. The zero-order valence-corrected chi connectivity index (χ0v) is 14.1. The van der Waals surface area contributed by atoms with Crippen molar-refractivity contribution in [3.8, 4) is 17.2 Å². The molecule has 1 atom stereocenters. The topological polar surface area (TPSA) is 97.5 Å². The molecule has 1 fully saturated rings. The van der Waals surface area contributed by atoms with Gasteiger partial charge in [0, 0.05) is 32.7 Å². The van der Waals surface area contributed by atoms with Gasteiger partial charge in [-0.25, -0.2) is 4.79 Å². The van der Waals surface area contributed by atoms with E-state index in [1.165, 1.54) is 0 Å². The SMILES string of the molecule is COc1cccc(OCC(O)CN2CCN(C(N)=O)CC2)c1OC. The Morgan fingerprint density at radius 3 is 2.46 bits per heavy atom. The molecule has 0 saturated carbocycles. The van der Waals surface area contributed by atoms with Crippen LogP contribution in [0.5, 0.6) is 17.2 Å². The number of para-hydroxylation sites is 1. The molecule has 8 heteroatoms. The molecule has 0 spiro atoms. The van der Waals surface area contributed by atoms with E-state index >= 15 is 0 Å². The molecule has 24 heavy (non-hydrogen) atoms. The van der Waals surface area contributed by atoms with Crippen LogP contribution in [0.25, 0.3) is 0 Å². The minimum Gasteiger partial charge on any atom is -0.493 e. The standard InChI is InChI=1S/C16H25N3O5/c1-22-13-4-3-5-14(15(13)23-2)24-11-12(20)10-18-6-8-19(9-7-18)16(17)21/h3-5,12,20H,6-11H2,1-2H3,(H2,17,21). The molecule has 1 heterocycles. The molecule has 1 aliphatic rings. The van der Waals surface area contributed by atoms with Gasteiger partial charge in [0.05, 0.1) is 14.2 Å². The Balaban J connectivity index is 1.82. The fourth-order valence-electron chi connectivity index (χ4n) is 2.66. The fraction of sp³-hybridized carbons (Fsp3) is 0.562. The van der Waals surface area contributed by atoms with Gasteiger partial charge in [0.25, 0.3) is 0 Å². The van der Waals surface area contributed by atoms with Crippen molar-refractivity contribution in [1.82, 2.24) is 9.80 Å². The van der Waals surface area contributed by atoms with Crippen molar-refractivity contribution in [2.75, 3.05) is 53.6 Å². The third-order valence-electron chi connectivity index (χ3n) is 3.95. The largest absolute Gasteiger partial charge is 0.493 e. The van der Waals surface area contributed by atoms with Crippen LogP contribution >= 0.6 is 0 Å². The Kier molecular flexibility index (Phi) is 6.51. The van der Waals surface area contributed by atoms with Crippen LogP contribution in [0.3, 0.4) is 0 Å². The van der Waals surface area contributed by atoms with E-state index in [-0.39, 0.29) is 6.61 Å². The number of rotatable bonds is 7. The van der Waals surface area contributed by atoms with Gasteiger partial charge in [0.15, 0.2) is 11.5 Å². The van der Waals surface area contributed by atoms with E-state index in [1.807, 2.05) is 0 Å². The molecule has 0 bridgehead atoms. The number of aliphatic hydroxyl groups is 1. The van der Waals surface area contributed by atoms with Gasteiger partial charge < -0.3 is 30.0 Å². The number of β-amino-alcohol motifs (C(OH)–C–C–N with tert-alkyl or cyclic N) is 1. The number of hydrogen-bond donors (Lipinski definition) is 2. The van der Waals surface area contributed by atoms with E-state index in [0.717, 1.165) is 0 Å². The van der Waals surface area contributed by atoms with Gasteiger partial charge in [-0.1, -0.05) is 6.07 Å². The average Bonchev–Trinajstić information content (AvgIpc) is 2.59. The summed E-state index contributed by atoms with van der Waals surface area (Å²) in [5.41, 5.74) is 5.25. The van der Waals surface area contributed by atoms with E-state index in [4.69, 9.17) is 19.9 Å². The van der Waals surface area contributed by atoms with Crippen LogP contribution in [-0.2, 0) is 0 Å². The molecule has 1 saturated heterocycles. The first kappa shape index (κ1) is 18.2. The normalized spacial score (nSPS) is 16.5. The van der Waals surface area contributed by atoms with E-state index < -0.39 is 12.1 Å². The number of benzene rings is 1. The lowest BCUT2D eigenvalue weighted by molar-refractivity contribution is 0.0514. The molecule has 0 aliphatic carbocycles. The molecule has 134 valence electrons. The maximum atomic E-state index is 11.1. The lowest BCUT2D eigenvalue weighted by Crippen LogP contribution is -2.52. The van der Waals surface area contributed by atoms with Crippen molar-refractivity contribution in [3.63, 3.8) is 0 Å². The Morgan fingerprint density at radius 2 is 1.88 bits per heavy atom. The second-order valence-electron chi connectivity index (χ2n) is 5.58. The summed E-state index contributed by atoms with van der Waals surface area (Å²) in [5, 5.41) is 10.2. The lowest BCUT2D eigenvalue weighted by atomic mass is 10.2. The molecule has 1 aromatic rings. The van der Waals surface area contributed by atoms with Crippen molar-refractivity contribution in [1.29, 1.82) is 0 Å². The monoisotopic (exact) mass is 339 g/mol. The Hall–Kier alpha value is -2.19. The third kappa shape index (κ3) is 4.65. The lowest BCUT2D eigenvalue weighted by Gasteiger charge is -2.34. The summed E-state index contributed by atoms with van der Waals surface area (Å²) in [6.07, 6.45) is -0.652. The predicted molar refractivity (Wildman–Crippen MR) is 88.6 cm³/mol. The van der Waals surface area contributed by atoms with Crippen LogP contribution in [0.15, 0.2) is 18.2 Å². The van der Waals surface area contributed by atoms with Crippen molar-refractivity contribution >= 4 is 6.03 Å². The minimum atomic E-state index is -0.652. The van der Waals surface area contributed by atoms with Crippen LogP contribution < -0.4 is 19.9 Å². The van der Waals surface area contributed by atoms with E-state index in [1.54, 1.807) is 37.3 Å². The Labute approximate surface area is 141 Å². The first-order valence-electron chi connectivity index (χ1n) is 7.83. The first-order valence-corrected chi connectivity index (χ1v) is 7.83.